The molecule has 0 aliphatic rings. The fourth-order valence-corrected chi connectivity index (χ4v) is 1.31. The van der Waals surface area contributed by atoms with Crippen LogP contribution in [0.4, 0.5) is 18.9 Å². The zero-order chi connectivity index (χ0) is 13.8. The quantitative estimate of drug-likeness (QED) is 0.870. The largest absolute Gasteiger partial charge is 0.481 e. The van der Waals surface area contributed by atoms with Crippen molar-refractivity contribution in [1.82, 2.24) is 0 Å². The summed E-state index contributed by atoms with van der Waals surface area (Å²) in [5, 5.41) is 19.4. The molecule has 1 aromatic carbocycles. The minimum atomic E-state index is -4.56. The van der Waals surface area contributed by atoms with Crippen molar-refractivity contribution in [3.8, 4) is 6.07 Å². The predicted molar refractivity (Wildman–Crippen MR) is 56.9 cm³/mol. The molecule has 0 atom stereocenters. The summed E-state index contributed by atoms with van der Waals surface area (Å²) in [6, 6.07) is 4.62. The maximum absolute atomic E-state index is 12.6. The second-order valence-corrected chi connectivity index (χ2v) is 3.44. The number of nitrogens with one attached hydrogen (secondary N) is 1. The second-order valence-electron chi connectivity index (χ2n) is 3.44. The maximum Gasteiger partial charge on any atom is 0.418 e. The Labute approximate surface area is 101 Å². The lowest BCUT2D eigenvalue weighted by atomic mass is 10.1. The van der Waals surface area contributed by atoms with Crippen LogP contribution in [0.3, 0.4) is 0 Å². The fourth-order valence-electron chi connectivity index (χ4n) is 1.31. The van der Waals surface area contributed by atoms with Crippen LogP contribution >= 0.6 is 0 Å². The number of nitrogens with zero attached hydrogens (tertiary/aromatic N) is 1. The molecule has 0 spiro atoms. The summed E-state index contributed by atoms with van der Waals surface area (Å²) < 4.78 is 37.9. The van der Waals surface area contributed by atoms with Crippen molar-refractivity contribution >= 4 is 11.7 Å². The third-order valence-electron chi connectivity index (χ3n) is 2.11. The van der Waals surface area contributed by atoms with Crippen molar-refractivity contribution in [3.05, 3.63) is 29.3 Å². The van der Waals surface area contributed by atoms with Gasteiger partial charge in [-0.3, -0.25) is 4.79 Å². The van der Waals surface area contributed by atoms with Crippen molar-refractivity contribution in [2.45, 2.75) is 12.6 Å². The van der Waals surface area contributed by atoms with Gasteiger partial charge in [0.05, 0.1) is 23.6 Å². The van der Waals surface area contributed by atoms with Crippen LogP contribution in [0.5, 0.6) is 0 Å². The van der Waals surface area contributed by atoms with Crippen LogP contribution in [-0.4, -0.2) is 17.6 Å². The van der Waals surface area contributed by atoms with Crippen molar-refractivity contribution in [3.63, 3.8) is 0 Å². The van der Waals surface area contributed by atoms with E-state index in [0.717, 1.165) is 18.2 Å². The lowest BCUT2D eigenvalue weighted by molar-refractivity contribution is -0.137. The minimum Gasteiger partial charge on any atom is -0.481 e. The number of carboxylic acids is 1. The van der Waals surface area contributed by atoms with Gasteiger partial charge in [0.1, 0.15) is 0 Å². The molecule has 0 aliphatic carbocycles. The number of carboxylic acid groups (broad SMARTS) is 1. The molecule has 18 heavy (non-hydrogen) atoms. The molecule has 0 saturated heterocycles. The van der Waals surface area contributed by atoms with Gasteiger partial charge in [0.15, 0.2) is 0 Å². The summed E-state index contributed by atoms with van der Waals surface area (Å²) in [6.07, 6.45) is -4.87. The molecule has 0 saturated carbocycles. The molecule has 4 nitrogen and oxygen atoms in total. The van der Waals surface area contributed by atoms with Crippen LogP contribution in [0.2, 0.25) is 0 Å². The molecule has 0 heterocycles. The first-order valence-corrected chi connectivity index (χ1v) is 4.91. The van der Waals surface area contributed by atoms with Gasteiger partial charge in [-0.15, -0.1) is 0 Å². The SMILES string of the molecule is N#Cc1ccc(C(F)(F)F)c(NCCC(=O)O)c1. The van der Waals surface area contributed by atoms with E-state index in [1.807, 2.05) is 0 Å². The standard InChI is InChI=1S/C11H9F3N2O2/c12-11(13,14)8-2-1-7(6-15)5-9(8)16-4-3-10(17)18/h1-2,5,16H,3-4H2,(H,17,18). The minimum absolute atomic E-state index is 0.0702. The Morgan fingerprint density at radius 3 is 2.61 bits per heavy atom. The van der Waals surface area contributed by atoms with Crippen molar-refractivity contribution in [2.75, 3.05) is 11.9 Å². The van der Waals surface area contributed by atoms with Crippen molar-refractivity contribution in [1.29, 1.82) is 5.26 Å². The number of hydrogen-bond acceptors (Lipinski definition) is 3. The van der Waals surface area contributed by atoms with Crippen LogP contribution < -0.4 is 5.32 Å². The molecule has 96 valence electrons. The molecule has 0 aromatic heterocycles. The summed E-state index contributed by atoms with van der Waals surface area (Å²) in [5.41, 5.74) is -1.14. The van der Waals surface area contributed by atoms with Gasteiger partial charge in [-0.2, -0.15) is 18.4 Å². The third-order valence-corrected chi connectivity index (χ3v) is 2.11. The average molecular weight is 258 g/mol. The van der Waals surface area contributed by atoms with E-state index in [-0.39, 0.29) is 24.2 Å². The van der Waals surface area contributed by atoms with E-state index in [1.165, 1.54) is 0 Å². The number of aliphatic carboxylic acids is 1. The predicted octanol–water partition coefficient (Wildman–Crippen LogP) is 2.46. The lowest BCUT2D eigenvalue weighted by Crippen LogP contribution is -2.13. The highest BCUT2D eigenvalue weighted by Crippen LogP contribution is 2.35. The van der Waals surface area contributed by atoms with Crippen LogP contribution in [0.1, 0.15) is 17.5 Å². The van der Waals surface area contributed by atoms with Crippen LogP contribution in [0, 0.1) is 11.3 Å². The van der Waals surface area contributed by atoms with Gasteiger partial charge in [0.2, 0.25) is 0 Å². The molecule has 1 rings (SSSR count). The van der Waals surface area contributed by atoms with E-state index in [9.17, 15) is 18.0 Å². The Bertz CT molecular complexity index is 492. The van der Waals surface area contributed by atoms with Crippen LogP contribution in [0.15, 0.2) is 18.2 Å². The fraction of sp³-hybridized carbons (Fsp3) is 0.273. The molecule has 2 N–H and O–H groups in total. The number of carbonyl (C=O) groups is 1. The van der Waals surface area contributed by atoms with Gasteiger partial charge < -0.3 is 10.4 Å². The highest BCUT2D eigenvalue weighted by molar-refractivity contribution is 5.68. The highest BCUT2D eigenvalue weighted by Gasteiger charge is 2.33. The zero-order valence-electron chi connectivity index (χ0n) is 9.08. The van der Waals surface area contributed by atoms with Gasteiger partial charge in [-0.05, 0) is 18.2 Å². The van der Waals surface area contributed by atoms with Gasteiger partial charge in [0.25, 0.3) is 0 Å². The van der Waals surface area contributed by atoms with Gasteiger partial charge in [0, 0.05) is 12.2 Å². The number of hydrogen-bond donors (Lipinski definition) is 2. The molecule has 0 unspecified atom stereocenters. The Morgan fingerprint density at radius 1 is 1.44 bits per heavy atom. The summed E-state index contributed by atoms with van der Waals surface area (Å²) in [6.45, 7) is -0.146. The van der Waals surface area contributed by atoms with Gasteiger partial charge >= 0.3 is 12.1 Å². The first-order chi connectivity index (χ1) is 8.34. The Balaban J connectivity index is 2.98. The Hall–Kier alpha value is -2.23. The molecule has 0 amide bonds. The number of rotatable bonds is 4. The summed E-state index contributed by atoms with van der Waals surface area (Å²) in [4.78, 5) is 10.3. The number of nitriles is 1. The van der Waals surface area contributed by atoms with E-state index in [2.05, 4.69) is 5.32 Å². The third kappa shape index (κ3) is 3.66. The van der Waals surface area contributed by atoms with Crippen molar-refractivity contribution < 1.29 is 23.1 Å². The van der Waals surface area contributed by atoms with E-state index in [1.54, 1.807) is 6.07 Å². The lowest BCUT2D eigenvalue weighted by Gasteiger charge is -2.14. The monoisotopic (exact) mass is 258 g/mol. The average Bonchev–Trinajstić information content (AvgIpc) is 2.27. The summed E-state index contributed by atoms with van der Waals surface area (Å²) in [7, 11) is 0. The first kappa shape index (κ1) is 13.8. The molecular formula is C11H9F3N2O2. The second kappa shape index (κ2) is 5.40. The first-order valence-electron chi connectivity index (χ1n) is 4.91. The maximum atomic E-state index is 12.6. The molecular weight excluding hydrogens is 249 g/mol. The molecule has 0 bridgehead atoms. The Morgan fingerprint density at radius 2 is 2.11 bits per heavy atom. The van der Waals surface area contributed by atoms with Crippen LogP contribution in [0.25, 0.3) is 0 Å². The molecule has 0 fully saturated rings. The zero-order valence-corrected chi connectivity index (χ0v) is 9.08. The number of alkyl halides is 3. The molecule has 0 aliphatic heterocycles. The summed E-state index contributed by atoms with van der Waals surface area (Å²) >= 11 is 0. The van der Waals surface area contributed by atoms with E-state index in [4.69, 9.17) is 10.4 Å². The normalized spacial score (nSPS) is 10.8. The van der Waals surface area contributed by atoms with Gasteiger partial charge in [-0.25, -0.2) is 0 Å². The number of halogens is 3. The van der Waals surface area contributed by atoms with E-state index < -0.39 is 17.7 Å². The van der Waals surface area contributed by atoms with Gasteiger partial charge in [-0.1, -0.05) is 0 Å². The summed E-state index contributed by atoms with van der Waals surface area (Å²) in [5.74, 6) is -1.12. The number of anilines is 1. The van der Waals surface area contributed by atoms with Crippen molar-refractivity contribution in [2.24, 2.45) is 0 Å². The number of benzene rings is 1. The molecule has 1 aromatic rings. The molecule has 7 heteroatoms. The Kier molecular flexibility index (Phi) is 4.15. The molecule has 0 radical (unpaired) electrons. The van der Waals surface area contributed by atoms with E-state index >= 15 is 0 Å². The van der Waals surface area contributed by atoms with Crippen LogP contribution in [-0.2, 0) is 11.0 Å². The smallest absolute Gasteiger partial charge is 0.418 e. The van der Waals surface area contributed by atoms with E-state index in [0.29, 0.717) is 0 Å². The highest BCUT2D eigenvalue weighted by atomic mass is 19.4. The topological polar surface area (TPSA) is 73.1 Å².